The number of aryl methyl sites for hydroxylation is 1. The first-order chi connectivity index (χ1) is 8.31. The van der Waals surface area contributed by atoms with Crippen LogP contribution in [0.25, 0.3) is 0 Å². The number of carboxylic acids is 1. The van der Waals surface area contributed by atoms with Crippen LogP contribution < -0.4 is 10.6 Å². The Bertz CT molecular complexity index is 440. The normalized spacial score (nSPS) is 13.7. The Hall–Kier alpha value is -2.09. The molecule has 2 amide bonds. The van der Waals surface area contributed by atoms with Crippen LogP contribution >= 0.6 is 0 Å². The zero-order valence-corrected chi connectivity index (χ0v) is 10.1. The van der Waals surface area contributed by atoms with E-state index >= 15 is 0 Å². The highest BCUT2D eigenvalue weighted by atomic mass is 16.5. The van der Waals surface area contributed by atoms with Gasteiger partial charge >= 0.3 is 12.0 Å². The first kappa shape index (κ1) is 14.0. The van der Waals surface area contributed by atoms with Gasteiger partial charge in [-0.25, -0.2) is 9.59 Å². The van der Waals surface area contributed by atoms with Crippen LogP contribution in [-0.4, -0.2) is 39.5 Å². The minimum atomic E-state index is -2.00. The Morgan fingerprint density at radius 2 is 2.17 bits per heavy atom. The van der Waals surface area contributed by atoms with Gasteiger partial charge in [0.15, 0.2) is 5.60 Å². The van der Waals surface area contributed by atoms with Gasteiger partial charge in [0.1, 0.15) is 11.5 Å². The van der Waals surface area contributed by atoms with Crippen molar-refractivity contribution in [3.8, 4) is 0 Å². The molecule has 0 saturated carbocycles. The number of hydrogen-bond acceptors (Lipinski definition) is 5. The Kier molecular flexibility index (Phi) is 4.27. The number of nitrogens with one attached hydrogen (secondary N) is 2. The van der Waals surface area contributed by atoms with Crippen molar-refractivity contribution in [2.45, 2.75) is 26.0 Å². The predicted molar refractivity (Wildman–Crippen MR) is 59.7 cm³/mol. The van der Waals surface area contributed by atoms with Crippen LogP contribution in [0.3, 0.4) is 0 Å². The third kappa shape index (κ3) is 4.06. The van der Waals surface area contributed by atoms with Gasteiger partial charge < -0.3 is 25.4 Å². The van der Waals surface area contributed by atoms with Crippen molar-refractivity contribution in [3.63, 3.8) is 0 Å². The molecule has 100 valence electrons. The topological polar surface area (TPSA) is 125 Å². The number of rotatable bonds is 5. The van der Waals surface area contributed by atoms with Crippen molar-refractivity contribution < 1.29 is 24.3 Å². The van der Waals surface area contributed by atoms with Crippen molar-refractivity contribution in [1.82, 2.24) is 15.8 Å². The molecular weight excluding hydrogens is 242 g/mol. The van der Waals surface area contributed by atoms with Gasteiger partial charge in [-0.1, -0.05) is 5.16 Å². The largest absolute Gasteiger partial charge is 0.479 e. The minimum absolute atomic E-state index is 0.151. The molecule has 1 rings (SSSR count). The summed E-state index contributed by atoms with van der Waals surface area (Å²) >= 11 is 0. The van der Waals surface area contributed by atoms with Crippen molar-refractivity contribution >= 4 is 12.0 Å². The zero-order chi connectivity index (χ0) is 13.8. The fourth-order valence-corrected chi connectivity index (χ4v) is 1.06. The monoisotopic (exact) mass is 257 g/mol. The van der Waals surface area contributed by atoms with E-state index in [1.807, 2.05) is 0 Å². The van der Waals surface area contributed by atoms with Crippen LogP contribution in [0.4, 0.5) is 4.79 Å². The van der Waals surface area contributed by atoms with E-state index in [0.29, 0.717) is 11.5 Å². The molecule has 0 aliphatic heterocycles. The third-order valence-corrected chi connectivity index (χ3v) is 2.16. The molecular formula is C10H15N3O5. The Labute approximate surface area is 103 Å². The Morgan fingerprint density at radius 1 is 1.50 bits per heavy atom. The first-order valence-electron chi connectivity index (χ1n) is 5.21. The molecule has 0 aromatic carbocycles. The van der Waals surface area contributed by atoms with E-state index in [-0.39, 0.29) is 6.54 Å². The lowest BCUT2D eigenvalue weighted by molar-refractivity contribution is -0.155. The van der Waals surface area contributed by atoms with E-state index in [9.17, 15) is 14.7 Å². The van der Waals surface area contributed by atoms with Gasteiger partial charge in [0, 0.05) is 6.07 Å². The summed E-state index contributed by atoms with van der Waals surface area (Å²) in [5, 5.41) is 26.3. The highest BCUT2D eigenvalue weighted by molar-refractivity contribution is 5.79. The number of hydrogen-bond donors (Lipinski definition) is 4. The highest BCUT2D eigenvalue weighted by Gasteiger charge is 2.30. The highest BCUT2D eigenvalue weighted by Crippen LogP contribution is 2.01. The van der Waals surface area contributed by atoms with E-state index in [0.717, 1.165) is 6.92 Å². The summed E-state index contributed by atoms with van der Waals surface area (Å²) in [6.07, 6.45) is 0. The molecule has 8 heteroatoms. The predicted octanol–water partition coefficient (Wildman–Crippen LogP) is -0.382. The van der Waals surface area contributed by atoms with Crippen molar-refractivity contribution in [1.29, 1.82) is 0 Å². The van der Waals surface area contributed by atoms with Crippen molar-refractivity contribution in [2.24, 2.45) is 0 Å². The zero-order valence-electron chi connectivity index (χ0n) is 10.1. The average Bonchev–Trinajstić information content (AvgIpc) is 2.69. The molecule has 0 aliphatic rings. The maximum atomic E-state index is 11.3. The molecule has 0 bridgehead atoms. The van der Waals surface area contributed by atoms with Crippen LogP contribution in [-0.2, 0) is 11.3 Å². The summed E-state index contributed by atoms with van der Waals surface area (Å²) in [5.41, 5.74) is -1.45. The molecule has 0 radical (unpaired) electrons. The van der Waals surface area contributed by atoms with Gasteiger partial charge in [-0.15, -0.1) is 0 Å². The maximum Gasteiger partial charge on any atom is 0.337 e. The SMILES string of the molecule is Cc1cc(CNC(=O)NCC(C)(O)C(=O)O)no1. The van der Waals surface area contributed by atoms with Crippen LogP contribution in [0, 0.1) is 6.92 Å². The van der Waals surface area contributed by atoms with E-state index in [1.165, 1.54) is 0 Å². The summed E-state index contributed by atoms with van der Waals surface area (Å²) in [5.74, 6) is -0.782. The number of carbonyl (C=O) groups is 2. The number of carbonyl (C=O) groups excluding carboxylic acids is 1. The summed E-state index contributed by atoms with van der Waals surface area (Å²) in [4.78, 5) is 21.9. The number of aliphatic hydroxyl groups is 1. The van der Waals surface area contributed by atoms with E-state index in [4.69, 9.17) is 9.63 Å². The number of aliphatic carboxylic acids is 1. The molecule has 0 spiro atoms. The fraction of sp³-hybridized carbons (Fsp3) is 0.500. The van der Waals surface area contributed by atoms with Gasteiger partial charge in [-0.05, 0) is 13.8 Å². The number of aromatic nitrogens is 1. The van der Waals surface area contributed by atoms with E-state index in [1.54, 1.807) is 13.0 Å². The minimum Gasteiger partial charge on any atom is -0.479 e. The number of urea groups is 1. The fourth-order valence-electron chi connectivity index (χ4n) is 1.06. The molecule has 4 N–H and O–H groups in total. The molecule has 8 nitrogen and oxygen atoms in total. The first-order valence-corrected chi connectivity index (χ1v) is 5.21. The quantitative estimate of drug-likeness (QED) is 0.569. The second-order valence-corrected chi connectivity index (χ2v) is 4.04. The third-order valence-electron chi connectivity index (χ3n) is 2.16. The summed E-state index contributed by atoms with van der Waals surface area (Å²) in [7, 11) is 0. The standard InChI is InChI=1S/C10H15N3O5/c1-6-3-7(13-18-6)4-11-9(16)12-5-10(2,17)8(14)15/h3,17H,4-5H2,1-2H3,(H,14,15)(H2,11,12,16). The molecule has 1 heterocycles. The summed E-state index contributed by atoms with van der Waals surface area (Å²) < 4.78 is 4.80. The van der Waals surface area contributed by atoms with Crippen LogP contribution in [0.5, 0.6) is 0 Å². The molecule has 1 aromatic rings. The molecule has 0 aliphatic carbocycles. The molecule has 1 unspecified atom stereocenters. The molecule has 18 heavy (non-hydrogen) atoms. The second-order valence-electron chi connectivity index (χ2n) is 4.04. The maximum absolute atomic E-state index is 11.3. The number of amides is 2. The summed E-state index contributed by atoms with van der Waals surface area (Å²) in [6.45, 7) is 2.57. The lowest BCUT2D eigenvalue weighted by Crippen LogP contribution is -2.49. The van der Waals surface area contributed by atoms with E-state index in [2.05, 4.69) is 15.8 Å². The van der Waals surface area contributed by atoms with Gasteiger partial charge in [-0.2, -0.15) is 0 Å². The van der Waals surface area contributed by atoms with Gasteiger partial charge in [-0.3, -0.25) is 0 Å². The molecule has 0 saturated heterocycles. The molecule has 1 atom stereocenters. The lowest BCUT2D eigenvalue weighted by atomic mass is 10.1. The second kappa shape index (κ2) is 5.50. The molecule has 1 aromatic heterocycles. The van der Waals surface area contributed by atoms with Crippen LogP contribution in [0.15, 0.2) is 10.6 Å². The Balaban J connectivity index is 2.32. The van der Waals surface area contributed by atoms with Crippen LogP contribution in [0.1, 0.15) is 18.4 Å². The number of nitrogens with zero attached hydrogens (tertiary/aromatic N) is 1. The lowest BCUT2D eigenvalue weighted by Gasteiger charge is -2.18. The van der Waals surface area contributed by atoms with Gasteiger partial charge in [0.25, 0.3) is 0 Å². The smallest absolute Gasteiger partial charge is 0.337 e. The Morgan fingerprint density at radius 3 is 2.67 bits per heavy atom. The van der Waals surface area contributed by atoms with Gasteiger partial charge in [0.05, 0.1) is 13.1 Å². The molecule has 0 fully saturated rings. The van der Waals surface area contributed by atoms with Crippen molar-refractivity contribution in [2.75, 3.05) is 6.54 Å². The van der Waals surface area contributed by atoms with Crippen LogP contribution in [0.2, 0.25) is 0 Å². The van der Waals surface area contributed by atoms with Crippen molar-refractivity contribution in [3.05, 3.63) is 17.5 Å². The number of carboxylic acid groups (broad SMARTS) is 1. The average molecular weight is 257 g/mol. The van der Waals surface area contributed by atoms with E-state index < -0.39 is 24.1 Å². The summed E-state index contributed by atoms with van der Waals surface area (Å²) in [6, 6.07) is 1.06. The van der Waals surface area contributed by atoms with Gasteiger partial charge in [0.2, 0.25) is 0 Å².